The Morgan fingerprint density at radius 2 is 1.98 bits per heavy atom. The lowest BCUT2D eigenvalue weighted by atomic mass is 10.0. The van der Waals surface area contributed by atoms with E-state index in [0.717, 1.165) is 60.6 Å². The number of nitrogens with zero attached hydrogens (tertiary/aromatic N) is 7. The van der Waals surface area contributed by atoms with Crippen LogP contribution in [0.25, 0.3) is 5.57 Å². The Hall–Kier alpha value is -3.87. The molecule has 0 spiro atoms. The highest BCUT2D eigenvalue weighted by Crippen LogP contribution is 2.37. The number of fused-ring (bicyclic) bond motifs is 1. The molecule has 5 rings (SSSR count). The van der Waals surface area contributed by atoms with E-state index in [9.17, 15) is 9.90 Å². The Bertz CT molecular complexity index is 1470. The van der Waals surface area contributed by atoms with Gasteiger partial charge in [0.15, 0.2) is 0 Å². The second kappa shape index (κ2) is 12.2. The van der Waals surface area contributed by atoms with Gasteiger partial charge in [-0.1, -0.05) is 13.0 Å². The summed E-state index contributed by atoms with van der Waals surface area (Å²) < 4.78 is 7.06. The summed E-state index contributed by atoms with van der Waals surface area (Å²) in [7, 11) is 3.66. The number of piperazine rings is 1. The van der Waals surface area contributed by atoms with Gasteiger partial charge in [0.1, 0.15) is 11.5 Å². The van der Waals surface area contributed by atoms with Crippen LogP contribution >= 0.6 is 0 Å². The van der Waals surface area contributed by atoms with Crippen LogP contribution in [0, 0.1) is 6.92 Å². The Morgan fingerprint density at radius 3 is 2.67 bits per heavy atom. The summed E-state index contributed by atoms with van der Waals surface area (Å²) in [6.45, 7) is 11.5. The summed E-state index contributed by atoms with van der Waals surface area (Å²) in [5.74, 6) is 1.36. The number of methoxy groups -OCH3 is 1. The van der Waals surface area contributed by atoms with Crippen LogP contribution in [0.1, 0.15) is 49.6 Å². The van der Waals surface area contributed by atoms with Crippen molar-refractivity contribution in [1.82, 2.24) is 34.5 Å². The van der Waals surface area contributed by atoms with Gasteiger partial charge in [0.25, 0.3) is 5.88 Å². The molecule has 1 fully saturated rings. The third-order valence-electron chi connectivity index (χ3n) is 7.71. The van der Waals surface area contributed by atoms with Crippen molar-refractivity contribution < 1.29 is 14.6 Å². The number of aliphatic hydroxyl groups is 1. The van der Waals surface area contributed by atoms with Gasteiger partial charge in [-0.2, -0.15) is 0 Å². The molecule has 42 heavy (non-hydrogen) atoms. The van der Waals surface area contributed by atoms with Crippen molar-refractivity contribution in [3.63, 3.8) is 0 Å². The summed E-state index contributed by atoms with van der Waals surface area (Å²) in [5, 5.41) is 21.0. The zero-order valence-electron chi connectivity index (χ0n) is 25.3. The molecule has 1 aliphatic heterocycles. The largest absolute Gasteiger partial charge is 0.478 e. The molecule has 0 saturated carbocycles. The van der Waals surface area contributed by atoms with Crippen LogP contribution in [0.4, 0.5) is 17.5 Å². The van der Waals surface area contributed by atoms with Crippen LogP contribution < -0.4 is 15.4 Å². The highest BCUT2D eigenvalue weighted by Gasteiger charge is 2.29. The molecular weight excluding hydrogens is 534 g/mol. The minimum atomic E-state index is -0.931. The molecule has 0 bridgehead atoms. The number of hydrogen-bond donors (Lipinski definition) is 3. The van der Waals surface area contributed by atoms with Gasteiger partial charge in [-0.05, 0) is 57.9 Å². The summed E-state index contributed by atoms with van der Waals surface area (Å²) in [5.41, 5.74) is 4.33. The van der Waals surface area contributed by atoms with Gasteiger partial charge in [-0.3, -0.25) is 14.4 Å². The number of pyridine rings is 1. The molecule has 3 N–H and O–H groups in total. The second-order valence-electron chi connectivity index (χ2n) is 11.7. The minimum absolute atomic E-state index is 0.0137. The Labute approximate surface area is 246 Å². The molecule has 0 aromatic carbocycles. The van der Waals surface area contributed by atoms with Crippen molar-refractivity contribution in [2.24, 2.45) is 0 Å². The van der Waals surface area contributed by atoms with Crippen LogP contribution in [-0.4, -0.2) is 97.5 Å². The van der Waals surface area contributed by atoms with E-state index in [2.05, 4.69) is 55.5 Å². The maximum atomic E-state index is 13.4. The van der Waals surface area contributed by atoms with Crippen LogP contribution in [0.5, 0.6) is 5.88 Å². The van der Waals surface area contributed by atoms with E-state index in [1.165, 1.54) is 0 Å². The molecule has 3 aromatic rings. The number of amides is 1. The fourth-order valence-corrected chi connectivity index (χ4v) is 5.55. The maximum Gasteiger partial charge on any atom is 0.256 e. The molecule has 3 aromatic heterocycles. The summed E-state index contributed by atoms with van der Waals surface area (Å²) >= 11 is 0. The summed E-state index contributed by atoms with van der Waals surface area (Å²) in [6.07, 6.45) is 8.79. The van der Waals surface area contributed by atoms with Crippen LogP contribution in [-0.2, 0) is 17.8 Å². The lowest BCUT2D eigenvalue weighted by molar-refractivity contribution is -0.122. The highest BCUT2D eigenvalue weighted by atomic mass is 16.5. The quantitative estimate of drug-likeness (QED) is 0.331. The number of rotatable bonds is 10. The predicted molar refractivity (Wildman–Crippen MR) is 162 cm³/mol. The number of likely N-dealkylation sites (N-methyl/N-ethyl adjacent to an activating group) is 1. The van der Waals surface area contributed by atoms with Crippen molar-refractivity contribution in [2.75, 3.05) is 51.0 Å². The molecule has 1 aliphatic carbocycles. The lowest BCUT2D eigenvalue weighted by Gasteiger charge is -2.36. The van der Waals surface area contributed by atoms with Crippen LogP contribution in [0.3, 0.4) is 0 Å². The zero-order chi connectivity index (χ0) is 30.0. The van der Waals surface area contributed by atoms with Gasteiger partial charge in [-0.15, -0.1) is 5.10 Å². The molecular formula is C30H41N9O3. The van der Waals surface area contributed by atoms with Crippen molar-refractivity contribution in [3.8, 4) is 5.88 Å². The standard InChI is InChI=1S/C30H41N9O3/c1-7-24(38-14-12-37(5)13-15-38)27(40)35-26-22-9-8-21(20(22)10-11-31-26)25-19(2)16-32-29(34-25)33-23-17-39(18-30(3,4)41)36-28(23)42-6/h8,10-11,16-17,24,41H,7,9,12-15,18H2,1-6H3,(H,31,35,40)(H,32,33,34). The number of carbonyl (C=O) groups is 1. The maximum absolute atomic E-state index is 13.4. The van der Waals surface area contributed by atoms with Gasteiger partial charge < -0.3 is 25.4 Å². The van der Waals surface area contributed by atoms with E-state index in [0.29, 0.717) is 36.3 Å². The van der Waals surface area contributed by atoms with Gasteiger partial charge in [-0.25, -0.2) is 15.0 Å². The molecule has 1 saturated heterocycles. The molecule has 1 unspecified atom stereocenters. The van der Waals surface area contributed by atoms with Crippen molar-refractivity contribution in [2.45, 2.75) is 58.7 Å². The van der Waals surface area contributed by atoms with Crippen LogP contribution in [0.2, 0.25) is 0 Å². The Balaban J connectivity index is 1.36. The molecule has 1 amide bonds. The van der Waals surface area contributed by atoms with Gasteiger partial charge in [0.2, 0.25) is 11.9 Å². The van der Waals surface area contributed by atoms with E-state index in [-0.39, 0.29) is 11.9 Å². The third-order valence-corrected chi connectivity index (χ3v) is 7.71. The van der Waals surface area contributed by atoms with E-state index < -0.39 is 5.60 Å². The van der Waals surface area contributed by atoms with Crippen molar-refractivity contribution in [3.05, 3.63) is 53.1 Å². The number of carbonyl (C=O) groups excluding carboxylic acids is 1. The molecule has 0 radical (unpaired) electrons. The zero-order valence-corrected chi connectivity index (χ0v) is 25.3. The molecule has 1 atom stereocenters. The van der Waals surface area contributed by atoms with Crippen molar-refractivity contribution in [1.29, 1.82) is 0 Å². The number of ether oxygens (including phenoxy) is 1. The molecule has 4 heterocycles. The molecule has 2 aliphatic rings. The summed E-state index contributed by atoms with van der Waals surface area (Å²) in [4.78, 5) is 31.9. The normalized spacial score (nSPS) is 16.6. The Morgan fingerprint density at radius 1 is 1.21 bits per heavy atom. The number of nitrogens with one attached hydrogen (secondary N) is 2. The van der Waals surface area contributed by atoms with Gasteiger partial charge in [0, 0.05) is 49.7 Å². The molecule has 12 heteroatoms. The second-order valence-corrected chi connectivity index (χ2v) is 11.7. The number of allylic oxidation sites excluding steroid dienone is 1. The first-order chi connectivity index (χ1) is 20.1. The first-order valence-electron chi connectivity index (χ1n) is 14.4. The number of aromatic nitrogens is 5. The molecule has 12 nitrogen and oxygen atoms in total. The van der Waals surface area contributed by atoms with Gasteiger partial charge in [0.05, 0.1) is 37.2 Å². The van der Waals surface area contributed by atoms with Crippen LogP contribution in [0.15, 0.2) is 30.7 Å². The number of hydrogen-bond acceptors (Lipinski definition) is 10. The number of anilines is 3. The summed E-state index contributed by atoms with van der Waals surface area (Å²) in [6, 6.07) is 1.78. The first kappa shape index (κ1) is 29.6. The fraction of sp³-hybridized carbons (Fsp3) is 0.500. The SMILES string of the molecule is CCC(C(=O)Nc1nccc2c1CC=C2c1nc(Nc2cn(CC(C)(C)O)nc2OC)ncc1C)N1CCN(C)CC1. The topological polar surface area (TPSA) is 134 Å². The van der Waals surface area contributed by atoms with Gasteiger partial charge >= 0.3 is 0 Å². The molecule has 224 valence electrons. The average molecular weight is 576 g/mol. The Kier molecular flexibility index (Phi) is 8.58. The predicted octanol–water partition coefficient (Wildman–Crippen LogP) is 2.85. The monoisotopic (exact) mass is 575 g/mol. The first-order valence-corrected chi connectivity index (χ1v) is 14.4. The van der Waals surface area contributed by atoms with E-state index in [1.807, 2.05) is 13.0 Å². The number of aryl methyl sites for hydroxylation is 1. The average Bonchev–Trinajstić information content (AvgIpc) is 3.54. The van der Waals surface area contributed by atoms with E-state index >= 15 is 0 Å². The minimum Gasteiger partial charge on any atom is -0.478 e. The van der Waals surface area contributed by atoms with Crippen molar-refractivity contribution >= 4 is 28.9 Å². The lowest BCUT2D eigenvalue weighted by Crippen LogP contribution is -2.52. The van der Waals surface area contributed by atoms with E-state index in [4.69, 9.17) is 9.72 Å². The highest BCUT2D eigenvalue weighted by molar-refractivity contribution is 5.96. The fourth-order valence-electron chi connectivity index (χ4n) is 5.55. The third kappa shape index (κ3) is 6.45. The van der Waals surface area contributed by atoms with E-state index in [1.54, 1.807) is 44.2 Å². The smallest absolute Gasteiger partial charge is 0.256 e.